The number of nitrogens with zero attached hydrogens (tertiary/aromatic N) is 4. The van der Waals surface area contributed by atoms with Crippen molar-refractivity contribution in [3.8, 4) is 5.95 Å². The number of halogens is 1. The molecule has 0 unspecified atom stereocenters. The SMILES string of the molecule is Cc1cc(C)n(-c2nc(Cl)cc(NC(=O)CC(C)C)n2)n1. The van der Waals surface area contributed by atoms with Crippen molar-refractivity contribution in [2.75, 3.05) is 5.32 Å². The van der Waals surface area contributed by atoms with E-state index < -0.39 is 0 Å². The summed E-state index contributed by atoms with van der Waals surface area (Å²) < 4.78 is 1.60. The van der Waals surface area contributed by atoms with Crippen molar-refractivity contribution in [3.05, 3.63) is 28.7 Å². The fraction of sp³-hybridized carbons (Fsp3) is 0.429. The molecule has 0 aliphatic rings. The number of rotatable bonds is 4. The molecule has 0 aliphatic heterocycles. The topological polar surface area (TPSA) is 72.7 Å². The summed E-state index contributed by atoms with van der Waals surface area (Å²) in [5, 5.41) is 7.30. The Kier molecular flexibility index (Phi) is 4.57. The molecule has 6 nitrogen and oxygen atoms in total. The van der Waals surface area contributed by atoms with Crippen LogP contribution >= 0.6 is 11.6 Å². The molecule has 2 aromatic rings. The number of amides is 1. The lowest BCUT2D eigenvalue weighted by atomic mass is 10.1. The van der Waals surface area contributed by atoms with Crippen LogP contribution < -0.4 is 5.32 Å². The van der Waals surface area contributed by atoms with Gasteiger partial charge in [0, 0.05) is 18.2 Å². The lowest BCUT2D eigenvalue weighted by molar-refractivity contribution is -0.116. The molecule has 2 rings (SSSR count). The minimum Gasteiger partial charge on any atom is -0.310 e. The number of carbonyl (C=O) groups excluding carboxylic acids is 1. The summed E-state index contributed by atoms with van der Waals surface area (Å²) in [5.74, 6) is 0.896. The number of aromatic nitrogens is 4. The molecule has 0 fully saturated rings. The molecule has 0 spiro atoms. The van der Waals surface area contributed by atoms with Crippen LogP contribution in [0.25, 0.3) is 5.95 Å². The van der Waals surface area contributed by atoms with Crippen molar-refractivity contribution in [2.24, 2.45) is 5.92 Å². The van der Waals surface area contributed by atoms with E-state index in [1.54, 1.807) is 4.68 Å². The van der Waals surface area contributed by atoms with Crippen molar-refractivity contribution in [1.29, 1.82) is 0 Å². The first-order chi connectivity index (χ1) is 9.85. The first-order valence-corrected chi connectivity index (χ1v) is 7.11. The maximum atomic E-state index is 11.8. The molecule has 2 aromatic heterocycles. The van der Waals surface area contributed by atoms with Crippen LogP contribution in [0.3, 0.4) is 0 Å². The van der Waals surface area contributed by atoms with Gasteiger partial charge in [-0.3, -0.25) is 4.79 Å². The Morgan fingerprint density at radius 1 is 1.33 bits per heavy atom. The smallest absolute Gasteiger partial charge is 0.254 e. The minimum absolute atomic E-state index is 0.0981. The molecule has 112 valence electrons. The van der Waals surface area contributed by atoms with Crippen LogP contribution in [0.1, 0.15) is 31.7 Å². The molecular weight excluding hydrogens is 290 g/mol. The third kappa shape index (κ3) is 4.01. The van der Waals surface area contributed by atoms with Gasteiger partial charge >= 0.3 is 0 Å². The van der Waals surface area contributed by atoms with Gasteiger partial charge in [-0.1, -0.05) is 25.4 Å². The molecule has 0 saturated carbocycles. The highest BCUT2D eigenvalue weighted by molar-refractivity contribution is 6.29. The lowest BCUT2D eigenvalue weighted by Crippen LogP contribution is -2.16. The van der Waals surface area contributed by atoms with Crippen LogP contribution in [0, 0.1) is 19.8 Å². The third-order valence-electron chi connectivity index (χ3n) is 2.74. The van der Waals surface area contributed by atoms with Crippen molar-refractivity contribution in [1.82, 2.24) is 19.7 Å². The summed E-state index contributed by atoms with van der Waals surface area (Å²) in [5.41, 5.74) is 1.76. The van der Waals surface area contributed by atoms with E-state index >= 15 is 0 Å². The molecule has 0 atom stereocenters. The average Bonchev–Trinajstić information content (AvgIpc) is 2.66. The highest BCUT2D eigenvalue weighted by Crippen LogP contribution is 2.16. The molecule has 0 bridgehead atoms. The van der Waals surface area contributed by atoms with E-state index in [-0.39, 0.29) is 17.0 Å². The van der Waals surface area contributed by atoms with E-state index in [4.69, 9.17) is 11.6 Å². The number of anilines is 1. The van der Waals surface area contributed by atoms with Crippen LogP contribution in [0.4, 0.5) is 5.82 Å². The van der Waals surface area contributed by atoms with Gasteiger partial charge in [0.25, 0.3) is 5.95 Å². The Morgan fingerprint density at radius 2 is 2.05 bits per heavy atom. The first-order valence-electron chi connectivity index (χ1n) is 6.73. The molecule has 1 N–H and O–H groups in total. The normalized spacial score (nSPS) is 11.0. The van der Waals surface area contributed by atoms with E-state index in [0.717, 1.165) is 11.4 Å². The van der Waals surface area contributed by atoms with Crippen molar-refractivity contribution >= 4 is 23.3 Å². The van der Waals surface area contributed by atoms with E-state index in [2.05, 4.69) is 20.4 Å². The second-order valence-corrected chi connectivity index (χ2v) is 5.75. The fourth-order valence-corrected chi connectivity index (χ4v) is 2.14. The Hall–Kier alpha value is -1.95. The average molecular weight is 308 g/mol. The molecular formula is C14H18ClN5O. The fourth-order valence-electron chi connectivity index (χ4n) is 1.96. The van der Waals surface area contributed by atoms with Crippen LogP contribution in [0.15, 0.2) is 12.1 Å². The Balaban J connectivity index is 2.29. The Bertz CT molecular complexity index is 665. The Labute approximate surface area is 128 Å². The van der Waals surface area contributed by atoms with E-state index in [9.17, 15) is 4.79 Å². The highest BCUT2D eigenvalue weighted by atomic mass is 35.5. The lowest BCUT2D eigenvalue weighted by Gasteiger charge is -2.09. The van der Waals surface area contributed by atoms with Gasteiger partial charge in [0.1, 0.15) is 11.0 Å². The third-order valence-corrected chi connectivity index (χ3v) is 2.94. The zero-order chi connectivity index (χ0) is 15.6. The van der Waals surface area contributed by atoms with Gasteiger partial charge < -0.3 is 5.32 Å². The van der Waals surface area contributed by atoms with Gasteiger partial charge in [-0.25, -0.2) is 4.68 Å². The largest absolute Gasteiger partial charge is 0.310 e. The van der Waals surface area contributed by atoms with Gasteiger partial charge in [0.05, 0.1) is 5.69 Å². The zero-order valence-electron chi connectivity index (χ0n) is 12.5. The van der Waals surface area contributed by atoms with Gasteiger partial charge in [-0.05, 0) is 25.8 Å². The molecule has 1 amide bonds. The zero-order valence-corrected chi connectivity index (χ0v) is 13.3. The quantitative estimate of drug-likeness (QED) is 0.881. The molecule has 0 radical (unpaired) electrons. The predicted octanol–water partition coefficient (Wildman–Crippen LogP) is 2.92. The van der Waals surface area contributed by atoms with Crippen LogP contribution in [0.5, 0.6) is 0 Å². The maximum absolute atomic E-state index is 11.8. The molecule has 0 saturated heterocycles. The molecule has 0 aromatic carbocycles. The molecule has 0 aliphatic carbocycles. The van der Waals surface area contributed by atoms with Crippen molar-refractivity contribution in [2.45, 2.75) is 34.1 Å². The van der Waals surface area contributed by atoms with E-state index in [0.29, 0.717) is 18.2 Å². The second kappa shape index (κ2) is 6.22. The van der Waals surface area contributed by atoms with Crippen molar-refractivity contribution < 1.29 is 4.79 Å². The monoisotopic (exact) mass is 307 g/mol. The molecule has 21 heavy (non-hydrogen) atoms. The summed E-state index contributed by atoms with van der Waals surface area (Å²) in [6, 6.07) is 3.44. The van der Waals surface area contributed by atoms with Gasteiger partial charge in [0.2, 0.25) is 5.91 Å². The van der Waals surface area contributed by atoms with Gasteiger partial charge in [0.15, 0.2) is 0 Å². The van der Waals surface area contributed by atoms with Gasteiger partial charge in [-0.15, -0.1) is 0 Å². The van der Waals surface area contributed by atoms with Crippen LogP contribution in [-0.2, 0) is 4.79 Å². The molecule has 2 heterocycles. The van der Waals surface area contributed by atoms with E-state index in [1.165, 1.54) is 6.07 Å². The highest BCUT2D eigenvalue weighted by Gasteiger charge is 2.12. The van der Waals surface area contributed by atoms with Crippen LogP contribution in [0.2, 0.25) is 5.15 Å². The molecule has 7 heteroatoms. The second-order valence-electron chi connectivity index (χ2n) is 5.36. The predicted molar refractivity (Wildman–Crippen MR) is 81.7 cm³/mol. The summed E-state index contributed by atoms with van der Waals surface area (Å²) in [4.78, 5) is 20.3. The standard InChI is InChI=1S/C14H18ClN5O/c1-8(2)5-13(21)17-12-7-11(15)16-14(18-12)20-10(4)6-9(3)19-20/h6-8H,5H2,1-4H3,(H,16,17,18,21). The number of hydrogen-bond acceptors (Lipinski definition) is 4. The summed E-state index contributed by atoms with van der Waals surface area (Å²) >= 11 is 6.00. The minimum atomic E-state index is -0.0981. The first kappa shape index (κ1) is 15.4. The summed E-state index contributed by atoms with van der Waals surface area (Å²) in [6.45, 7) is 7.75. The summed E-state index contributed by atoms with van der Waals surface area (Å²) in [7, 11) is 0. The Morgan fingerprint density at radius 3 is 2.62 bits per heavy atom. The van der Waals surface area contributed by atoms with Gasteiger partial charge in [-0.2, -0.15) is 15.1 Å². The van der Waals surface area contributed by atoms with Crippen LogP contribution in [-0.4, -0.2) is 25.7 Å². The summed E-state index contributed by atoms with van der Waals surface area (Å²) in [6.07, 6.45) is 0.427. The number of nitrogens with one attached hydrogen (secondary N) is 1. The maximum Gasteiger partial charge on any atom is 0.254 e. The number of aryl methyl sites for hydroxylation is 2. The van der Waals surface area contributed by atoms with Crippen molar-refractivity contribution in [3.63, 3.8) is 0 Å². The number of carbonyl (C=O) groups is 1. The van der Waals surface area contributed by atoms with E-state index in [1.807, 2.05) is 33.8 Å². The number of hydrogen-bond donors (Lipinski definition) is 1.